The maximum absolute atomic E-state index is 2.52. The Bertz CT molecular complexity index is 2310. The first-order chi connectivity index (χ1) is 24.5. The van der Waals surface area contributed by atoms with Crippen molar-refractivity contribution in [1.82, 2.24) is 0 Å². The van der Waals surface area contributed by atoms with Gasteiger partial charge in [-0.2, -0.15) is 0 Å². The number of aryl methyl sites for hydroxylation is 4. The number of hydrogen-bond acceptors (Lipinski definition) is 3. The van der Waals surface area contributed by atoms with Crippen LogP contribution in [0.5, 0.6) is 0 Å². The Balaban J connectivity index is 1.44. The van der Waals surface area contributed by atoms with Gasteiger partial charge in [-0.05, 0) is 117 Å². The van der Waals surface area contributed by atoms with Crippen LogP contribution in [0.25, 0.3) is 0 Å². The molecule has 7 aromatic rings. The van der Waals surface area contributed by atoms with Gasteiger partial charge in [-0.25, -0.2) is 0 Å². The lowest BCUT2D eigenvalue weighted by Gasteiger charge is -2.46. The van der Waals surface area contributed by atoms with Crippen molar-refractivity contribution in [3.63, 3.8) is 0 Å². The van der Waals surface area contributed by atoms with Gasteiger partial charge in [0, 0.05) is 39.8 Å². The summed E-state index contributed by atoms with van der Waals surface area (Å²) >= 11 is 0. The third-order valence-electron chi connectivity index (χ3n) is 10.2. The second-order valence-corrected chi connectivity index (χ2v) is 13.8. The molecule has 0 fully saturated rings. The summed E-state index contributed by atoms with van der Waals surface area (Å²) in [5.74, 6) is 0. The molecule has 4 heteroatoms. The molecule has 2 aliphatic rings. The standard InChI is InChI=1S/C46H38BN3/c1-31-15-21-37(22-16-31)49-41-25-19-33(3)29-39(41)47-40-30-34(4)20-26-42(40)50(38-23-17-32(2)18-24-38)46-44(28-27-43(49)45(46)47)48(35-11-7-5-8-12-35)36-13-9-6-10-14-36/h5-30H,1-4H3. The lowest BCUT2D eigenvalue weighted by Crippen LogP contribution is -2.61. The van der Waals surface area contributed by atoms with Crippen molar-refractivity contribution in [2.24, 2.45) is 0 Å². The van der Waals surface area contributed by atoms with E-state index in [-0.39, 0.29) is 6.71 Å². The second kappa shape index (κ2) is 11.9. The van der Waals surface area contributed by atoms with Gasteiger partial charge in [0.2, 0.25) is 0 Å². The summed E-state index contributed by atoms with van der Waals surface area (Å²) in [5.41, 5.74) is 19.5. The van der Waals surface area contributed by atoms with E-state index >= 15 is 0 Å². The topological polar surface area (TPSA) is 9.72 Å². The molecule has 3 nitrogen and oxygen atoms in total. The molecule has 2 aliphatic heterocycles. The van der Waals surface area contributed by atoms with Crippen LogP contribution in [0, 0.1) is 27.7 Å². The molecule has 0 spiro atoms. The summed E-state index contributed by atoms with van der Waals surface area (Å²) in [6.45, 7) is 8.79. The van der Waals surface area contributed by atoms with Crippen LogP contribution in [0.4, 0.5) is 51.2 Å². The smallest absolute Gasteiger partial charge is 0.252 e. The minimum atomic E-state index is 0.0431. The third kappa shape index (κ3) is 4.82. The highest BCUT2D eigenvalue weighted by atomic mass is 15.2. The molecule has 0 saturated carbocycles. The fourth-order valence-corrected chi connectivity index (χ4v) is 7.94. The van der Waals surface area contributed by atoms with E-state index in [2.05, 4.69) is 200 Å². The zero-order chi connectivity index (χ0) is 33.9. The molecule has 0 N–H and O–H groups in total. The summed E-state index contributed by atoms with van der Waals surface area (Å²) < 4.78 is 0. The minimum Gasteiger partial charge on any atom is -0.311 e. The van der Waals surface area contributed by atoms with Crippen LogP contribution < -0.4 is 31.1 Å². The lowest BCUT2D eigenvalue weighted by atomic mass is 9.33. The fraction of sp³-hybridized carbons (Fsp3) is 0.0870. The molecule has 7 aromatic carbocycles. The predicted molar refractivity (Wildman–Crippen MR) is 214 cm³/mol. The highest BCUT2D eigenvalue weighted by Crippen LogP contribution is 2.50. The first kappa shape index (κ1) is 30.1. The van der Waals surface area contributed by atoms with Crippen LogP contribution in [0.1, 0.15) is 22.3 Å². The predicted octanol–water partition coefficient (Wildman–Crippen LogP) is 10.5. The Morgan fingerprint density at radius 3 is 1.38 bits per heavy atom. The molecule has 0 unspecified atom stereocenters. The molecule has 0 atom stereocenters. The number of para-hydroxylation sites is 2. The maximum Gasteiger partial charge on any atom is 0.252 e. The molecular weight excluding hydrogens is 605 g/mol. The normalized spacial score (nSPS) is 12.7. The van der Waals surface area contributed by atoms with Gasteiger partial charge in [0.25, 0.3) is 6.71 Å². The first-order valence-corrected chi connectivity index (χ1v) is 17.5. The van der Waals surface area contributed by atoms with Crippen LogP contribution in [-0.2, 0) is 0 Å². The molecule has 0 aromatic heterocycles. The van der Waals surface area contributed by atoms with Crippen molar-refractivity contribution in [3.05, 3.63) is 180 Å². The van der Waals surface area contributed by atoms with Crippen molar-refractivity contribution >= 4 is 74.3 Å². The highest BCUT2D eigenvalue weighted by molar-refractivity contribution is 7.00. The average molecular weight is 644 g/mol. The Labute approximate surface area is 295 Å². The Hall–Kier alpha value is -6.00. The van der Waals surface area contributed by atoms with Crippen molar-refractivity contribution in [1.29, 1.82) is 0 Å². The molecule has 0 amide bonds. The molecule has 9 rings (SSSR count). The first-order valence-electron chi connectivity index (χ1n) is 17.5. The Morgan fingerprint density at radius 2 is 0.860 bits per heavy atom. The monoisotopic (exact) mass is 643 g/mol. The molecular formula is C46H38BN3. The van der Waals surface area contributed by atoms with Crippen molar-refractivity contribution < 1.29 is 0 Å². The summed E-state index contributed by atoms with van der Waals surface area (Å²) in [7, 11) is 0. The largest absolute Gasteiger partial charge is 0.311 e. The highest BCUT2D eigenvalue weighted by Gasteiger charge is 2.45. The SMILES string of the molecule is Cc1ccc(N2c3ccc(C)cc3B3c4cc(C)ccc4N(c4ccc(C)cc4)c4c(N(c5ccccc5)c5ccccc5)ccc2c43)cc1. The average Bonchev–Trinajstić information content (AvgIpc) is 3.14. The maximum atomic E-state index is 2.52. The van der Waals surface area contributed by atoms with Crippen molar-refractivity contribution in [2.45, 2.75) is 27.7 Å². The van der Waals surface area contributed by atoms with E-state index in [4.69, 9.17) is 0 Å². The number of fused-ring (bicyclic) bond motifs is 4. The van der Waals surface area contributed by atoms with Gasteiger partial charge in [-0.3, -0.25) is 0 Å². The fourth-order valence-electron chi connectivity index (χ4n) is 7.94. The number of anilines is 9. The van der Waals surface area contributed by atoms with E-state index in [1.807, 2.05) is 0 Å². The van der Waals surface area contributed by atoms with E-state index in [0.717, 1.165) is 28.4 Å². The molecule has 50 heavy (non-hydrogen) atoms. The van der Waals surface area contributed by atoms with Gasteiger partial charge in [0.1, 0.15) is 0 Å². The van der Waals surface area contributed by atoms with Crippen LogP contribution >= 0.6 is 0 Å². The van der Waals surface area contributed by atoms with Gasteiger partial charge < -0.3 is 14.7 Å². The number of rotatable bonds is 5. The summed E-state index contributed by atoms with van der Waals surface area (Å²) in [6, 6.07) is 58.2. The van der Waals surface area contributed by atoms with Crippen LogP contribution in [0.15, 0.2) is 158 Å². The van der Waals surface area contributed by atoms with Gasteiger partial charge in [-0.1, -0.05) is 107 Å². The quantitative estimate of drug-likeness (QED) is 0.173. The van der Waals surface area contributed by atoms with Crippen molar-refractivity contribution in [2.75, 3.05) is 14.7 Å². The lowest BCUT2D eigenvalue weighted by molar-refractivity contribution is 1.21. The van der Waals surface area contributed by atoms with Gasteiger partial charge in [-0.15, -0.1) is 0 Å². The summed E-state index contributed by atoms with van der Waals surface area (Å²) in [6.07, 6.45) is 0. The van der Waals surface area contributed by atoms with E-state index in [9.17, 15) is 0 Å². The molecule has 0 saturated heterocycles. The van der Waals surface area contributed by atoms with Gasteiger partial charge in [0.05, 0.1) is 11.4 Å². The number of benzene rings is 7. The van der Waals surface area contributed by atoms with Crippen LogP contribution in [0.2, 0.25) is 0 Å². The zero-order valence-corrected chi connectivity index (χ0v) is 28.9. The molecule has 240 valence electrons. The van der Waals surface area contributed by atoms with Gasteiger partial charge in [0.15, 0.2) is 0 Å². The van der Waals surface area contributed by atoms with E-state index in [1.54, 1.807) is 0 Å². The Morgan fingerprint density at radius 1 is 0.420 bits per heavy atom. The molecule has 0 aliphatic carbocycles. The number of nitrogens with zero attached hydrogens (tertiary/aromatic N) is 3. The van der Waals surface area contributed by atoms with Crippen molar-refractivity contribution in [3.8, 4) is 0 Å². The molecule has 2 heterocycles. The summed E-state index contributed by atoms with van der Waals surface area (Å²) in [5, 5.41) is 0. The number of hydrogen-bond donors (Lipinski definition) is 0. The zero-order valence-electron chi connectivity index (χ0n) is 28.9. The van der Waals surface area contributed by atoms with E-state index in [0.29, 0.717) is 0 Å². The van der Waals surface area contributed by atoms with Gasteiger partial charge >= 0.3 is 0 Å². The van der Waals surface area contributed by atoms with Crippen LogP contribution in [-0.4, -0.2) is 6.71 Å². The van der Waals surface area contributed by atoms with E-state index in [1.165, 1.54) is 61.4 Å². The molecule has 0 bridgehead atoms. The molecule has 0 radical (unpaired) electrons. The van der Waals surface area contributed by atoms with Crippen LogP contribution in [0.3, 0.4) is 0 Å². The van der Waals surface area contributed by atoms with E-state index < -0.39 is 0 Å². The Kier molecular flexibility index (Phi) is 7.13. The minimum absolute atomic E-state index is 0.0431. The second-order valence-electron chi connectivity index (χ2n) is 13.8. The third-order valence-corrected chi connectivity index (χ3v) is 10.2. The summed E-state index contributed by atoms with van der Waals surface area (Å²) in [4.78, 5) is 7.43.